The van der Waals surface area contributed by atoms with E-state index in [1.54, 1.807) is 11.3 Å². The van der Waals surface area contributed by atoms with Gasteiger partial charge in [0.05, 0.1) is 10.3 Å². The first-order chi connectivity index (χ1) is 12.9. The molecule has 5 aliphatic rings. The van der Waals surface area contributed by atoms with Crippen LogP contribution >= 0.6 is 27.3 Å². The van der Waals surface area contributed by atoms with Gasteiger partial charge in [0.1, 0.15) is 0 Å². The maximum atomic E-state index is 13.5. The Labute approximate surface area is 173 Å². The molecule has 146 valence electrons. The number of alkyl halides is 1. The molecule has 0 spiro atoms. The van der Waals surface area contributed by atoms with Crippen LogP contribution in [0.4, 0.5) is 0 Å². The minimum Gasteiger partial charge on any atom is -0.339 e. The van der Waals surface area contributed by atoms with Crippen molar-refractivity contribution in [1.82, 2.24) is 9.80 Å². The fraction of sp³-hybridized carbons (Fsp3) is 0.714. The highest BCUT2D eigenvalue weighted by atomic mass is 79.9. The van der Waals surface area contributed by atoms with Crippen molar-refractivity contribution in [2.75, 3.05) is 26.2 Å². The Morgan fingerprint density at radius 3 is 2.22 bits per heavy atom. The monoisotopic (exact) mass is 450 g/mol. The second kappa shape index (κ2) is 6.31. The number of carbonyl (C=O) groups excluding carboxylic acids is 2. The Morgan fingerprint density at radius 2 is 1.67 bits per heavy atom. The van der Waals surface area contributed by atoms with Crippen LogP contribution in [-0.2, 0) is 4.79 Å². The summed E-state index contributed by atoms with van der Waals surface area (Å²) < 4.78 is 0.210. The molecule has 2 unspecified atom stereocenters. The summed E-state index contributed by atoms with van der Waals surface area (Å²) in [6, 6.07) is 3.92. The van der Waals surface area contributed by atoms with E-state index in [0.29, 0.717) is 32.1 Å². The smallest absolute Gasteiger partial charge is 0.264 e. The van der Waals surface area contributed by atoms with Crippen LogP contribution in [0.15, 0.2) is 12.1 Å². The molecule has 6 heteroatoms. The third-order valence-electron chi connectivity index (χ3n) is 7.25. The van der Waals surface area contributed by atoms with Crippen molar-refractivity contribution in [1.29, 1.82) is 0 Å². The van der Waals surface area contributed by atoms with Crippen LogP contribution in [0, 0.1) is 24.2 Å². The van der Waals surface area contributed by atoms with E-state index in [9.17, 15) is 9.59 Å². The molecule has 1 aromatic heterocycles. The molecule has 1 aromatic rings. The summed E-state index contributed by atoms with van der Waals surface area (Å²) in [6.07, 6.45) is 7.01. The summed E-state index contributed by atoms with van der Waals surface area (Å²) in [5, 5.41) is 0. The average molecular weight is 451 g/mol. The summed E-state index contributed by atoms with van der Waals surface area (Å²) in [4.78, 5) is 32.2. The molecule has 0 aromatic carbocycles. The molecule has 4 bridgehead atoms. The Hall–Kier alpha value is -0.880. The molecule has 1 aliphatic heterocycles. The summed E-state index contributed by atoms with van der Waals surface area (Å²) in [5.41, 5.74) is -0.134. The van der Waals surface area contributed by atoms with Crippen molar-refractivity contribution in [2.24, 2.45) is 17.3 Å². The SMILES string of the molecule is Cc1ccc(C(=O)N2CCN(C(=O)C34CC5CC(CC(Br)(C5)C3)C4)CC2)s1. The molecule has 4 nitrogen and oxygen atoms in total. The quantitative estimate of drug-likeness (QED) is 0.636. The lowest BCUT2D eigenvalue weighted by Gasteiger charge is -2.60. The van der Waals surface area contributed by atoms with Crippen LogP contribution in [0.2, 0.25) is 0 Å². The molecule has 1 saturated heterocycles. The molecule has 2 atom stereocenters. The molecular weight excluding hydrogens is 424 g/mol. The van der Waals surface area contributed by atoms with E-state index in [0.717, 1.165) is 40.9 Å². The largest absolute Gasteiger partial charge is 0.339 e. The number of halogens is 1. The highest BCUT2D eigenvalue weighted by molar-refractivity contribution is 9.10. The van der Waals surface area contributed by atoms with Crippen molar-refractivity contribution in [2.45, 2.75) is 49.8 Å². The van der Waals surface area contributed by atoms with Crippen molar-refractivity contribution in [3.63, 3.8) is 0 Å². The van der Waals surface area contributed by atoms with E-state index in [-0.39, 0.29) is 15.6 Å². The van der Waals surface area contributed by atoms with Gasteiger partial charge in [0.15, 0.2) is 0 Å². The molecule has 4 saturated carbocycles. The van der Waals surface area contributed by atoms with E-state index in [1.165, 1.54) is 19.3 Å². The molecule has 2 amide bonds. The first kappa shape index (κ1) is 18.2. The fourth-order valence-electron chi connectivity index (χ4n) is 6.55. The molecule has 4 aliphatic carbocycles. The lowest BCUT2D eigenvalue weighted by Crippen LogP contribution is -2.61. The van der Waals surface area contributed by atoms with E-state index in [2.05, 4.69) is 20.8 Å². The van der Waals surface area contributed by atoms with Gasteiger partial charge in [-0.1, -0.05) is 15.9 Å². The van der Waals surface area contributed by atoms with Crippen LogP contribution in [0.5, 0.6) is 0 Å². The lowest BCUT2D eigenvalue weighted by atomic mass is 9.49. The zero-order valence-electron chi connectivity index (χ0n) is 15.9. The number of rotatable bonds is 2. The fourth-order valence-corrected chi connectivity index (χ4v) is 8.84. The third kappa shape index (κ3) is 3.07. The molecular formula is C21H27BrN2O2S. The molecule has 6 rings (SSSR count). The van der Waals surface area contributed by atoms with Crippen LogP contribution in [-0.4, -0.2) is 52.1 Å². The first-order valence-electron chi connectivity index (χ1n) is 10.2. The standard InChI is InChI=1S/C21H27BrN2O2S/c1-14-2-3-17(27-14)18(25)23-4-6-24(7-5-23)19(26)20-9-15-8-16(10-20)12-21(22,11-15)13-20/h2-3,15-16H,4-13H2,1H3. The summed E-state index contributed by atoms with van der Waals surface area (Å²) in [6.45, 7) is 4.70. The van der Waals surface area contributed by atoms with Gasteiger partial charge in [0.25, 0.3) is 5.91 Å². The maximum Gasteiger partial charge on any atom is 0.264 e. The third-order valence-corrected chi connectivity index (χ3v) is 9.17. The predicted molar refractivity (Wildman–Crippen MR) is 110 cm³/mol. The maximum absolute atomic E-state index is 13.5. The van der Waals surface area contributed by atoms with Gasteiger partial charge in [0, 0.05) is 35.4 Å². The zero-order valence-corrected chi connectivity index (χ0v) is 18.3. The minimum atomic E-state index is -0.134. The van der Waals surface area contributed by atoms with Gasteiger partial charge >= 0.3 is 0 Å². The van der Waals surface area contributed by atoms with Gasteiger partial charge in [-0.25, -0.2) is 0 Å². The summed E-state index contributed by atoms with van der Waals surface area (Å²) >= 11 is 5.58. The van der Waals surface area contributed by atoms with Crippen molar-refractivity contribution < 1.29 is 9.59 Å². The van der Waals surface area contributed by atoms with Crippen molar-refractivity contribution >= 4 is 39.1 Å². The number of hydrogen-bond donors (Lipinski definition) is 0. The van der Waals surface area contributed by atoms with E-state index < -0.39 is 0 Å². The van der Waals surface area contributed by atoms with Gasteiger partial charge < -0.3 is 9.80 Å². The molecule has 5 fully saturated rings. The minimum absolute atomic E-state index is 0.120. The number of thiophene rings is 1. The van der Waals surface area contributed by atoms with Gasteiger partial charge in [0.2, 0.25) is 5.91 Å². The van der Waals surface area contributed by atoms with Gasteiger partial charge in [-0.2, -0.15) is 0 Å². The Balaban J connectivity index is 1.26. The Kier molecular flexibility index (Phi) is 4.25. The number of hydrogen-bond acceptors (Lipinski definition) is 3. The van der Waals surface area contributed by atoms with Gasteiger partial charge in [-0.15, -0.1) is 11.3 Å². The van der Waals surface area contributed by atoms with E-state index in [1.807, 2.05) is 24.0 Å². The number of amides is 2. The Bertz CT molecular complexity index is 769. The predicted octanol–water partition coefficient (Wildman–Crippen LogP) is 4.07. The normalized spacial score (nSPS) is 37.7. The molecule has 27 heavy (non-hydrogen) atoms. The first-order valence-corrected chi connectivity index (χ1v) is 11.8. The van der Waals surface area contributed by atoms with E-state index in [4.69, 9.17) is 0 Å². The zero-order chi connectivity index (χ0) is 18.8. The number of nitrogens with zero attached hydrogens (tertiary/aromatic N) is 2. The molecule has 2 heterocycles. The van der Waals surface area contributed by atoms with Crippen molar-refractivity contribution in [3.8, 4) is 0 Å². The number of piperazine rings is 1. The van der Waals surface area contributed by atoms with Crippen LogP contribution in [0.1, 0.15) is 53.1 Å². The van der Waals surface area contributed by atoms with Crippen LogP contribution in [0.3, 0.4) is 0 Å². The van der Waals surface area contributed by atoms with E-state index >= 15 is 0 Å². The average Bonchev–Trinajstić information content (AvgIpc) is 3.05. The number of carbonyl (C=O) groups is 2. The van der Waals surface area contributed by atoms with Crippen LogP contribution < -0.4 is 0 Å². The second-order valence-electron chi connectivity index (χ2n) is 9.39. The topological polar surface area (TPSA) is 40.6 Å². The molecule has 0 radical (unpaired) electrons. The second-order valence-corrected chi connectivity index (χ2v) is 12.4. The Morgan fingerprint density at radius 1 is 1.04 bits per heavy atom. The molecule has 0 N–H and O–H groups in total. The van der Waals surface area contributed by atoms with Crippen molar-refractivity contribution in [3.05, 3.63) is 21.9 Å². The van der Waals surface area contributed by atoms with Gasteiger partial charge in [-0.05, 0) is 69.4 Å². The lowest BCUT2D eigenvalue weighted by molar-refractivity contribution is -0.157. The number of aryl methyl sites for hydroxylation is 1. The highest BCUT2D eigenvalue weighted by Gasteiger charge is 2.60. The summed E-state index contributed by atoms with van der Waals surface area (Å²) in [5.74, 6) is 1.94. The van der Waals surface area contributed by atoms with Gasteiger partial charge in [-0.3, -0.25) is 9.59 Å². The highest BCUT2D eigenvalue weighted by Crippen LogP contribution is 2.64. The van der Waals surface area contributed by atoms with Crippen LogP contribution in [0.25, 0.3) is 0 Å². The summed E-state index contributed by atoms with van der Waals surface area (Å²) in [7, 11) is 0.